The van der Waals surface area contributed by atoms with E-state index in [4.69, 9.17) is 9.47 Å². The third-order valence-electron chi connectivity index (χ3n) is 6.31. The smallest absolute Gasteiger partial charge is 0.244 e. The average Bonchev–Trinajstić information content (AvgIpc) is 3.34. The van der Waals surface area contributed by atoms with Crippen LogP contribution in [0.5, 0.6) is 11.5 Å². The summed E-state index contributed by atoms with van der Waals surface area (Å²) in [5.41, 5.74) is 1.96. The molecule has 1 aliphatic carbocycles. The van der Waals surface area contributed by atoms with E-state index in [9.17, 15) is 4.79 Å². The van der Waals surface area contributed by atoms with E-state index in [1.54, 1.807) is 19.4 Å². The number of nitrogens with one attached hydrogen (secondary N) is 1. The van der Waals surface area contributed by atoms with Crippen molar-refractivity contribution in [2.24, 2.45) is 5.92 Å². The Morgan fingerprint density at radius 2 is 1.89 bits per heavy atom. The predicted octanol–water partition coefficient (Wildman–Crippen LogP) is 5.63. The third-order valence-corrected chi connectivity index (χ3v) is 6.31. The van der Waals surface area contributed by atoms with Crippen molar-refractivity contribution in [2.75, 3.05) is 13.7 Å². The average molecular weight is 496 g/mol. The third kappa shape index (κ3) is 7.36. The molecule has 1 heterocycles. The first kappa shape index (κ1) is 26.4. The molecule has 3 aromatic rings. The van der Waals surface area contributed by atoms with E-state index in [1.165, 1.54) is 12.8 Å². The fourth-order valence-corrected chi connectivity index (χ4v) is 4.33. The van der Waals surface area contributed by atoms with Crippen LogP contribution in [-0.4, -0.2) is 35.2 Å². The molecule has 0 aliphatic heterocycles. The Morgan fingerprint density at radius 3 is 2.63 bits per heavy atom. The fraction of sp³-hybridized carbons (Fsp3) is 0.357. The van der Waals surface area contributed by atoms with Gasteiger partial charge in [-0.1, -0.05) is 31.2 Å². The number of nitrogens with zero attached hydrogens (tertiary/aromatic N) is 2. The highest BCUT2D eigenvalue weighted by Crippen LogP contribution is 2.29. The van der Waals surface area contributed by atoms with Gasteiger partial charge in [-0.3, -0.25) is 4.79 Å². The van der Waals surface area contributed by atoms with Crippen molar-refractivity contribution in [1.29, 1.82) is 0 Å². The van der Waals surface area contributed by atoms with Crippen LogP contribution in [-0.2, 0) is 11.2 Å². The Labute approximate surface area is 213 Å². The van der Waals surface area contributed by atoms with Crippen LogP contribution in [0.25, 0.3) is 11.8 Å². The Bertz CT molecular complexity index is 1110. The lowest BCUT2D eigenvalue weighted by Gasteiger charge is -2.26. The molecule has 1 fully saturated rings. The van der Waals surface area contributed by atoms with Gasteiger partial charge in [0.2, 0.25) is 5.91 Å². The van der Waals surface area contributed by atoms with Crippen LogP contribution in [0.1, 0.15) is 44.0 Å². The summed E-state index contributed by atoms with van der Waals surface area (Å²) in [6.07, 6.45) is 12.3. The van der Waals surface area contributed by atoms with E-state index in [1.807, 2.05) is 48.7 Å². The van der Waals surface area contributed by atoms with Gasteiger partial charge in [-0.05, 0) is 67.5 Å². The zero-order valence-corrected chi connectivity index (χ0v) is 21.2. The number of carbonyl (C=O) groups is 1. The summed E-state index contributed by atoms with van der Waals surface area (Å²) in [5, 5.41) is 3.12. The number of para-hydroxylation sites is 1. The quantitative estimate of drug-likeness (QED) is 0.390. The van der Waals surface area contributed by atoms with Crippen molar-refractivity contribution < 1.29 is 14.3 Å². The number of aromatic nitrogens is 2. The lowest BCUT2D eigenvalue weighted by atomic mass is 9.87. The van der Waals surface area contributed by atoms with Gasteiger partial charge < -0.3 is 19.4 Å². The van der Waals surface area contributed by atoms with Crippen molar-refractivity contribution in [1.82, 2.24) is 14.9 Å². The van der Waals surface area contributed by atoms with Gasteiger partial charge in [0.1, 0.15) is 5.82 Å². The van der Waals surface area contributed by atoms with Crippen LogP contribution >= 0.6 is 12.4 Å². The molecule has 35 heavy (non-hydrogen) atoms. The number of amides is 1. The Kier molecular flexibility index (Phi) is 9.79. The van der Waals surface area contributed by atoms with Crippen molar-refractivity contribution in [3.8, 4) is 17.2 Å². The van der Waals surface area contributed by atoms with E-state index in [0.29, 0.717) is 24.5 Å². The number of carbonyl (C=O) groups excluding carboxylic acids is 1. The van der Waals surface area contributed by atoms with Crippen LogP contribution in [0, 0.1) is 5.92 Å². The minimum atomic E-state index is -0.0484. The first-order valence-corrected chi connectivity index (χ1v) is 12.0. The van der Waals surface area contributed by atoms with Gasteiger partial charge in [-0.15, -0.1) is 12.4 Å². The van der Waals surface area contributed by atoms with Gasteiger partial charge in [-0.2, -0.15) is 0 Å². The maximum Gasteiger partial charge on any atom is 0.244 e. The van der Waals surface area contributed by atoms with Gasteiger partial charge in [0.15, 0.2) is 11.5 Å². The van der Waals surface area contributed by atoms with E-state index in [2.05, 4.69) is 33.9 Å². The largest absolute Gasteiger partial charge is 0.493 e. The number of rotatable bonds is 9. The molecule has 6 nitrogen and oxygen atoms in total. The highest BCUT2D eigenvalue weighted by atomic mass is 35.5. The molecule has 1 aromatic heterocycles. The summed E-state index contributed by atoms with van der Waals surface area (Å²) in [7, 11) is 1.62. The minimum absolute atomic E-state index is 0. The van der Waals surface area contributed by atoms with Crippen molar-refractivity contribution in [2.45, 2.75) is 45.1 Å². The number of benzene rings is 2. The topological polar surface area (TPSA) is 65.4 Å². The van der Waals surface area contributed by atoms with Crippen LogP contribution < -0.4 is 14.8 Å². The fourth-order valence-electron chi connectivity index (χ4n) is 4.33. The summed E-state index contributed by atoms with van der Waals surface area (Å²) >= 11 is 0. The number of methoxy groups -OCH3 is 1. The monoisotopic (exact) mass is 495 g/mol. The van der Waals surface area contributed by atoms with Gasteiger partial charge in [-0.25, -0.2) is 4.98 Å². The highest BCUT2D eigenvalue weighted by Gasteiger charge is 2.18. The summed E-state index contributed by atoms with van der Waals surface area (Å²) in [6.45, 7) is 2.75. The standard InChI is InChI=1S/C28H33N3O3.ClH/c1-21-8-12-23(13-9-21)30-28(32)15-11-22-10-14-25(26(20-22)33-2)34-19-16-27-29-17-18-31(27)24-6-4-3-5-7-24;/h3-7,10-11,14-15,17-18,20-21,23H,8-9,12-13,16,19H2,1-2H3,(H,30,32);1H. The van der Waals surface area contributed by atoms with E-state index in [-0.39, 0.29) is 24.4 Å². The normalized spacial score (nSPS) is 17.5. The number of hydrogen-bond acceptors (Lipinski definition) is 4. The SMILES string of the molecule is COc1cc(C=CC(=O)NC2CCC(C)CC2)ccc1OCCc1nccn1-c1ccccc1.Cl. The second kappa shape index (κ2) is 13.0. The second-order valence-electron chi connectivity index (χ2n) is 8.86. The Hall–Kier alpha value is -3.25. The number of ether oxygens (including phenoxy) is 2. The molecule has 186 valence electrons. The molecule has 0 atom stereocenters. The zero-order valence-electron chi connectivity index (χ0n) is 20.4. The first-order valence-electron chi connectivity index (χ1n) is 12.0. The lowest BCUT2D eigenvalue weighted by Crippen LogP contribution is -2.36. The molecule has 1 aliphatic rings. The minimum Gasteiger partial charge on any atom is -0.493 e. The summed E-state index contributed by atoms with van der Waals surface area (Å²) in [5.74, 6) is 2.95. The molecule has 1 saturated carbocycles. The summed E-state index contributed by atoms with van der Waals surface area (Å²) in [4.78, 5) is 16.8. The molecule has 2 aromatic carbocycles. The van der Waals surface area contributed by atoms with E-state index < -0.39 is 0 Å². The molecule has 4 rings (SSSR count). The second-order valence-corrected chi connectivity index (χ2v) is 8.86. The van der Waals surface area contributed by atoms with Gasteiger partial charge >= 0.3 is 0 Å². The number of imidazole rings is 1. The molecule has 0 radical (unpaired) electrons. The van der Waals surface area contributed by atoms with Crippen LogP contribution in [0.15, 0.2) is 67.0 Å². The molecular formula is C28H34ClN3O3. The lowest BCUT2D eigenvalue weighted by molar-refractivity contribution is -0.117. The van der Waals surface area contributed by atoms with Crippen molar-refractivity contribution in [3.05, 3.63) is 78.4 Å². The maximum absolute atomic E-state index is 12.3. The molecule has 1 amide bonds. The Morgan fingerprint density at radius 1 is 1.11 bits per heavy atom. The molecule has 0 saturated heterocycles. The highest BCUT2D eigenvalue weighted by molar-refractivity contribution is 5.92. The molecule has 7 heteroatoms. The zero-order chi connectivity index (χ0) is 23.8. The van der Waals surface area contributed by atoms with Crippen molar-refractivity contribution in [3.63, 3.8) is 0 Å². The van der Waals surface area contributed by atoms with E-state index >= 15 is 0 Å². The van der Waals surface area contributed by atoms with Crippen LogP contribution in [0.2, 0.25) is 0 Å². The maximum atomic E-state index is 12.3. The number of halogens is 1. The van der Waals surface area contributed by atoms with Crippen molar-refractivity contribution >= 4 is 24.4 Å². The van der Waals surface area contributed by atoms with Gasteiger partial charge in [0.25, 0.3) is 0 Å². The summed E-state index contributed by atoms with van der Waals surface area (Å²) in [6, 6.07) is 16.1. The molecular weight excluding hydrogens is 462 g/mol. The van der Waals surface area contributed by atoms with Gasteiger partial charge in [0, 0.05) is 36.6 Å². The van der Waals surface area contributed by atoms with Crippen LogP contribution in [0.3, 0.4) is 0 Å². The van der Waals surface area contributed by atoms with E-state index in [0.717, 1.165) is 35.8 Å². The predicted molar refractivity (Wildman–Crippen MR) is 142 cm³/mol. The molecule has 1 N–H and O–H groups in total. The molecule has 0 bridgehead atoms. The number of hydrogen-bond donors (Lipinski definition) is 1. The van der Waals surface area contributed by atoms with Crippen LogP contribution in [0.4, 0.5) is 0 Å². The molecule has 0 unspecified atom stereocenters. The molecule has 0 spiro atoms. The Balaban J connectivity index is 0.00000342. The summed E-state index contributed by atoms with van der Waals surface area (Å²) < 4.78 is 13.6. The van der Waals surface area contributed by atoms with Gasteiger partial charge in [0.05, 0.1) is 13.7 Å². The first-order chi connectivity index (χ1) is 16.6.